The zero-order chi connectivity index (χ0) is 13.1. The first-order valence-corrected chi connectivity index (χ1v) is 5.62. The molecule has 0 aliphatic heterocycles. The second-order valence-corrected chi connectivity index (χ2v) is 4.08. The Hall–Kier alpha value is -1.85. The average molecular weight is 249 g/mol. The summed E-state index contributed by atoms with van der Waals surface area (Å²) < 4.78 is 4.46. The Kier molecular flexibility index (Phi) is 3.64. The number of H-pyrrole nitrogens is 1. The maximum Gasteiger partial charge on any atom is 0.308 e. The fourth-order valence-corrected chi connectivity index (χ4v) is 1.93. The number of aromatic amines is 1. The van der Waals surface area contributed by atoms with E-state index in [4.69, 9.17) is 0 Å². The van der Waals surface area contributed by atoms with Crippen LogP contribution in [0.3, 0.4) is 0 Å². The number of rotatable bonds is 4. The normalized spacial score (nSPS) is 14.4. The number of aromatic nitrogens is 1. The van der Waals surface area contributed by atoms with Crippen molar-refractivity contribution in [2.45, 2.75) is 18.6 Å². The van der Waals surface area contributed by atoms with Crippen LogP contribution in [0.1, 0.15) is 18.1 Å². The molecule has 2 rings (SSSR count). The third-order valence-corrected chi connectivity index (χ3v) is 2.91. The molecule has 2 unspecified atom stereocenters. The minimum atomic E-state index is -1.19. The zero-order valence-corrected chi connectivity index (χ0v) is 9.96. The molecule has 1 heterocycles. The monoisotopic (exact) mass is 249 g/mol. The number of nitrogens with one attached hydrogen (secondary N) is 1. The van der Waals surface area contributed by atoms with Crippen molar-refractivity contribution in [2.75, 3.05) is 7.11 Å². The minimum absolute atomic E-state index is 0.241. The highest BCUT2D eigenvalue weighted by Crippen LogP contribution is 2.26. The van der Waals surface area contributed by atoms with Crippen LogP contribution >= 0.6 is 0 Å². The lowest BCUT2D eigenvalue weighted by Gasteiger charge is -2.17. The number of hydrogen-bond acceptors (Lipinski definition) is 4. The minimum Gasteiger partial charge on any atom is -0.469 e. The van der Waals surface area contributed by atoms with Crippen LogP contribution in [0.15, 0.2) is 30.5 Å². The van der Waals surface area contributed by atoms with Gasteiger partial charge in [-0.2, -0.15) is 0 Å². The highest BCUT2D eigenvalue weighted by molar-refractivity contribution is 5.83. The summed E-state index contributed by atoms with van der Waals surface area (Å²) in [6, 6.07) is 7.27. The van der Waals surface area contributed by atoms with E-state index in [1.54, 1.807) is 18.3 Å². The molecule has 0 bridgehead atoms. The maximum absolute atomic E-state index is 11.1. The summed E-state index contributed by atoms with van der Waals surface area (Å²) in [7, 11) is 1.24. The molecule has 2 atom stereocenters. The van der Waals surface area contributed by atoms with Gasteiger partial charge in [0.2, 0.25) is 0 Å². The second kappa shape index (κ2) is 5.20. The summed E-state index contributed by atoms with van der Waals surface area (Å²) in [5.41, 5.74) is 1.32. The number of esters is 1. The first-order valence-electron chi connectivity index (χ1n) is 5.62. The van der Waals surface area contributed by atoms with Gasteiger partial charge in [0.25, 0.3) is 0 Å². The second-order valence-electron chi connectivity index (χ2n) is 4.08. The van der Waals surface area contributed by atoms with Gasteiger partial charge in [-0.25, -0.2) is 0 Å². The van der Waals surface area contributed by atoms with Gasteiger partial charge >= 0.3 is 5.97 Å². The largest absolute Gasteiger partial charge is 0.469 e. The lowest BCUT2D eigenvalue weighted by Crippen LogP contribution is -2.22. The summed E-state index contributed by atoms with van der Waals surface area (Å²) in [5.74, 6) is -0.555. The summed E-state index contributed by atoms with van der Waals surface area (Å²) in [4.78, 5) is 14.1. The molecule has 96 valence electrons. The number of benzene rings is 1. The predicted molar refractivity (Wildman–Crippen MR) is 65.9 cm³/mol. The molecule has 0 spiro atoms. The summed E-state index contributed by atoms with van der Waals surface area (Å²) in [6.07, 6.45) is -0.805. The number of carbonyl (C=O) groups is 1. The third kappa shape index (κ3) is 2.37. The molecular weight excluding hydrogens is 234 g/mol. The number of para-hydroxylation sites is 1. The van der Waals surface area contributed by atoms with Crippen LogP contribution in [-0.4, -0.2) is 34.4 Å². The van der Waals surface area contributed by atoms with Gasteiger partial charge in [0.15, 0.2) is 0 Å². The van der Waals surface area contributed by atoms with E-state index < -0.39 is 18.2 Å². The number of hydrogen-bond donors (Lipinski definition) is 3. The summed E-state index contributed by atoms with van der Waals surface area (Å²) in [6.45, 7) is 0. The van der Waals surface area contributed by atoms with Crippen LogP contribution in [-0.2, 0) is 9.53 Å². The van der Waals surface area contributed by atoms with Gasteiger partial charge in [0.1, 0.15) is 6.10 Å². The molecule has 1 aromatic heterocycles. The number of methoxy groups -OCH3 is 1. The van der Waals surface area contributed by atoms with Crippen molar-refractivity contribution in [3.8, 4) is 0 Å². The fraction of sp³-hybridized carbons (Fsp3) is 0.308. The van der Waals surface area contributed by atoms with Crippen molar-refractivity contribution in [1.82, 2.24) is 4.98 Å². The van der Waals surface area contributed by atoms with E-state index in [9.17, 15) is 15.0 Å². The van der Waals surface area contributed by atoms with Gasteiger partial charge in [-0.15, -0.1) is 0 Å². The lowest BCUT2D eigenvalue weighted by molar-refractivity contribution is -0.144. The third-order valence-electron chi connectivity index (χ3n) is 2.91. The van der Waals surface area contributed by atoms with E-state index >= 15 is 0 Å². The van der Waals surface area contributed by atoms with Gasteiger partial charge in [-0.05, 0) is 11.5 Å². The van der Waals surface area contributed by atoms with E-state index in [1.807, 2.05) is 12.1 Å². The van der Waals surface area contributed by atoms with Gasteiger partial charge in [0.05, 0.1) is 25.2 Å². The molecule has 0 saturated carbocycles. The Balaban J connectivity index is 2.25. The van der Waals surface area contributed by atoms with Crippen molar-refractivity contribution >= 4 is 16.9 Å². The number of carbonyl (C=O) groups excluding carboxylic acids is 1. The Bertz CT molecular complexity index is 549. The molecule has 5 nitrogen and oxygen atoms in total. The molecule has 18 heavy (non-hydrogen) atoms. The van der Waals surface area contributed by atoms with Crippen LogP contribution in [0.4, 0.5) is 0 Å². The molecule has 0 aliphatic rings. The van der Waals surface area contributed by atoms with Crippen LogP contribution < -0.4 is 0 Å². The smallest absolute Gasteiger partial charge is 0.308 e. The van der Waals surface area contributed by atoms with Gasteiger partial charge < -0.3 is 19.9 Å². The molecule has 0 amide bonds. The van der Waals surface area contributed by atoms with E-state index in [0.717, 1.165) is 10.9 Å². The molecule has 2 aromatic rings. The molecule has 0 aliphatic carbocycles. The van der Waals surface area contributed by atoms with Crippen LogP contribution in [0, 0.1) is 0 Å². The summed E-state index contributed by atoms with van der Waals surface area (Å²) in [5, 5.41) is 20.8. The number of fused-ring (bicyclic) bond motifs is 1. The zero-order valence-electron chi connectivity index (χ0n) is 9.96. The quantitative estimate of drug-likeness (QED) is 0.709. The number of aliphatic hydroxyl groups is 2. The highest BCUT2D eigenvalue weighted by Gasteiger charge is 2.23. The first-order chi connectivity index (χ1) is 8.63. The maximum atomic E-state index is 11.1. The van der Waals surface area contributed by atoms with Crippen LogP contribution in [0.2, 0.25) is 0 Å². The van der Waals surface area contributed by atoms with E-state index in [2.05, 4.69) is 9.72 Å². The average Bonchev–Trinajstić information content (AvgIpc) is 2.85. The van der Waals surface area contributed by atoms with E-state index in [0.29, 0.717) is 5.56 Å². The van der Waals surface area contributed by atoms with Crippen molar-refractivity contribution < 1.29 is 19.7 Å². The van der Waals surface area contributed by atoms with Crippen molar-refractivity contribution in [1.29, 1.82) is 0 Å². The van der Waals surface area contributed by atoms with Crippen molar-refractivity contribution in [3.63, 3.8) is 0 Å². The van der Waals surface area contributed by atoms with E-state index in [1.165, 1.54) is 7.11 Å². The van der Waals surface area contributed by atoms with Gasteiger partial charge in [-0.1, -0.05) is 18.2 Å². The summed E-state index contributed by atoms with van der Waals surface area (Å²) >= 11 is 0. The fourth-order valence-electron chi connectivity index (χ4n) is 1.93. The van der Waals surface area contributed by atoms with Gasteiger partial charge in [0, 0.05) is 11.8 Å². The molecular formula is C13H15NO4. The SMILES string of the molecule is COC(=O)CC(O)C(O)c1cccc2cc[nH]c12. The van der Waals surface area contributed by atoms with E-state index in [-0.39, 0.29) is 6.42 Å². The Morgan fingerprint density at radius 3 is 2.89 bits per heavy atom. The molecule has 0 saturated heterocycles. The first kappa shape index (κ1) is 12.6. The van der Waals surface area contributed by atoms with Crippen molar-refractivity contribution in [2.24, 2.45) is 0 Å². The van der Waals surface area contributed by atoms with Crippen molar-refractivity contribution in [3.05, 3.63) is 36.0 Å². The van der Waals surface area contributed by atoms with Crippen LogP contribution in [0.5, 0.6) is 0 Å². The highest BCUT2D eigenvalue weighted by atomic mass is 16.5. The molecule has 0 fully saturated rings. The van der Waals surface area contributed by atoms with Gasteiger partial charge in [-0.3, -0.25) is 4.79 Å². The Morgan fingerprint density at radius 1 is 1.39 bits per heavy atom. The molecule has 5 heteroatoms. The molecule has 3 N–H and O–H groups in total. The molecule has 0 radical (unpaired) electrons. The predicted octanol–water partition coefficient (Wildman–Crippen LogP) is 1.13. The topological polar surface area (TPSA) is 82.6 Å². The standard InChI is InChI=1S/C13H15NO4/c1-18-11(16)7-10(15)13(17)9-4-2-3-8-5-6-14-12(8)9/h2-6,10,13-15,17H,7H2,1H3. The molecule has 1 aromatic carbocycles. The number of aliphatic hydroxyl groups excluding tert-OH is 2. The van der Waals surface area contributed by atoms with Crippen LogP contribution in [0.25, 0.3) is 10.9 Å². The Labute approximate surface area is 104 Å². The number of ether oxygens (including phenoxy) is 1. The Morgan fingerprint density at radius 2 is 2.17 bits per heavy atom. The lowest BCUT2D eigenvalue weighted by atomic mass is 10.00.